The van der Waals surface area contributed by atoms with Crippen molar-refractivity contribution in [2.24, 2.45) is 23.7 Å². The predicted molar refractivity (Wildman–Crippen MR) is 94.6 cm³/mol. The van der Waals surface area contributed by atoms with Crippen molar-refractivity contribution in [2.75, 3.05) is 25.1 Å². The molecule has 1 N–H and O–H groups in total. The Morgan fingerprint density at radius 1 is 1.15 bits per heavy atom. The molecule has 0 saturated heterocycles. The predicted octanol–water partition coefficient (Wildman–Crippen LogP) is 5.21. The molecule has 0 aromatic rings. The lowest BCUT2D eigenvalue weighted by molar-refractivity contribution is 0.158. The van der Waals surface area contributed by atoms with E-state index in [1.165, 1.54) is 63.8 Å². The molecule has 1 fully saturated rings. The van der Waals surface area contributed by atoms with E-state index in [1.54, 1.807) is 0 Å². The third kappa shape index (κ3) is 7.36. The van der Waals surface area contributed by atoms with E-state index in [0.29, 0.717) is 0 Å². The Bertz CT molecular complexity index is 229. The van der Waals surface area contributed by atoms with E-state index in [9.17, 15) is 0 Å². The normalized spacial score (nSPS) is 27.1. The van der Waals surface area contributed by atoms with E-state index in [-0.39, 0.29) is 0 Å². The molecular formula is C18H37NS. The van der Waals surface area contributed by atoms with Crippen LogP contribution in [0, 0.1) is 23.7 Å². The summed E-state index contributed by atoms with van der Waals surface area (Å²) in [5.41, 5.74) is 0. The maximum atomic E-state index is 3.72. The van der Waals surface area contributed by atoms with Crippen LogP contribution < -0.4 is 5.32 Å². The average molecular weight is 300 g/mol. The van der Waals surface area contributed by atoms with E-state index in [1.807, 2.05) is 11.8 Å². The summed E-state index contributed by atoms with van der Waals surface area (Å²) < 4.78 is 0. The number of nitrogens with one attached hydrogen (secondary N) is 1. The largest absolute Gasteiger partial charge is 0.316 e. The average Bonchev–Trinajstić information content (AvgIpc) is 2.41. The van der Waals surface area contributed by atoms with E-state index in [2.05, 4.69) is 32.3 Å². The summed E-state index contributed by atoms with van der Waals surface area (Å²) in [6, 6.07) is 0. The minimum Gasteiger partial charge on any atom is -0.316 e. The standard InChI is InChI=1S/C18H37NS/c1-5-7-16-9-10-18(14-19-13-15(2)3)17(12-16)8-6-11-20-4/h15-19H,5-14H2,1-4H3. The van der Waals surface area contributed by atoms with Crippen LogP contribution in [0.4, 0.5) is 0 Å². The van der Waals surface area contributed by atoms with Crippen LogP contribution in [0.1, 0.15) is 65.7 Å². The molecule has 0 heterocycles. The summed E-state index contributed by atoms with van der Waals surface area (Å²) in [6.45, 7) is 9.41. The molecule has 0 amide bonds. The van der Waals surface area contributed by atoms with Gasteiger partial charge in [-0.1, -0.05) is 40.0 Å². The molecule has 2 heteroatoms. The molecule has 120 valence electrons. The van der Waals surface area contributed by atoms with Gasteiger partial charge in [-0.3, -0.25) is 0 Å². The molecule has 0 aromatic heterocycles. The third-order valence-corrected chi connectivity index (χ3v) is 5.52. The second-order valence-electron chi connectivity index (χ2n) is 7.18. The fraction of sp³-hybridized carbons (Fsp3) is 1.00. The van der Waals surface area contributed by atoms with Gasteiger partial charge in [0.25, 0.3) is 0 Å². The van der Waals surface area contributed by atoms with Gasteiger partial charge < -0.3 is 5.32 Å². The molecule has 1 saturated carbocycles. The highest BCUT2D eigenvalue weighted by atomic mass is 32.2. The first-order valence-electron chi connectivity index (χ1n) is 8.87. The molecule has 1 rings (SSSR count). The topological polar surface area (TPSA) is 12.0 Å². The lowest BCUT2D eigenvalue weighted by Gasteiger charge is -2.37. The highest BCUT2D eigenvalue weighted by molar-refractivity contribution is 7.98. The first-order chi connectivity index (χ1) is 9.67. The summed E-state index contributed by atoms with van der Waals surface area (Å²) in [6.07, 6.45) is 12.4. The first kappa shape index (κ1) is 18.4. The Morgan fingerprint density at radius 2 is 1.95 bits per heavy atom. The van der Waals surface area contributed by atoms with Crippen LogP contribution in [0.3, 0.4) is 0 Å². The van der Waals surface area contributed by atoms with Crippen molar-refractivity contribution in [3.05, 3.63) is 0 Å². The van der Waals surface area contributed by atoms with Crippen LogP contribution in [0.5, 0.6) is 0 Å². The summed E-state index contributed by atoms with van der Waals surface area (Å²) in [5, 5.41) is 3.72. The van der Waals surface area contributed by atoms with E-state index in [0.717, 1.165) is 23.7 Å². The smallest absolute Gasteiger partial charge is 0.00178 e. The van der Waals surface area contributed by atoms with Gasteiger partial charge in [-0.25, -0.2) is 0 Å². The summed E-state index contributed by atoms with van der Waals surface area (Å²) in [7, 11) is 0. The van der Waals surface area contributed by atoms with Crippen LogP contribution in [0.2, 0.25) is 0 Å². The SMILES string of the molecule is CCCC1CCC(CNCC(C)C)C(CCCSC)C1. The van der Waals surface area contributed by atoms with E-state index >= 15 is 0 Å². The molecule has 1 aliphatic carbocycles. The number of hydrogen-bond donors (Lipinski definition) is 1. The molecule has 0 spiro atoms. The zero-order chi connectivity index (χ0) is 14.8. The van der Waals surface area contributed by atoms with E-state index < -0.39 is 0 Å². The minimum absolute atomic E-state index is 0.779. The highest BCUT2D eigenvalue weighted by Gasteiger charge is 2.29. The van der Waals surface area contributed by atoms with Crippen LogP contribution >= 0.6 is 11.8 Å². The summed E-state index contributed by atoms with van der Waals surface area (Å²) >= 11 is 2.01. The van der Waals surface area contributed by atoms with Gasteiger partial charge in [0, 0.05) is 0 Å². The highest BCUT2D eigenvalue weighted by Crippen LogP contribution is 2.38. The van der Waals surface area contributed by atoms with Gasteiger partial charge in [0.2, 0.25) is 0 Å². The van der Waals surface area contributed by atoms with Crippen molar-refractivity contribution >= 4 is 11.8 Å². The summed E-state index contributed by atoms with van der Waals surface area (Å²) in [5.74, 6) is 5.10. The maximum absolute atomic E-state index is 3.72. The summed E-state index contributed by atoms with van der Waals surface area (Å²) in [4.78, 5) is 0. The molecule has 0 aromatic carbocycles. The van der Waals surface area contributed by atoms with Crippen molar-refractivity contribution in [1.82, 2.24) is 5.32 Å². The second-order valence-corrected chi connectivity index (χ2v) is 8.16. The van der Waals surface area contributed by atoms with Crippen LogP contribution in [0.25, 0.3) is 0 Å². The fourth-order valence-electron chi connectivity index (χ4n) is 3.76. The molecule has 1 aliphatic rings. The lowest BCUT2D eigenvalue weighted by atomic mass is 9.71. The number of thioether (sulfide) groups is 1. The first-order valence-corrected chi connectivity index (χ1v) is 10.3. The zero-order valence-corrected chi connectivity index (χ0v) is 15.1. The number of hydrogen-bond acceptors (Lipinski definition) is 2. The van der Waals surface area contributed by atoms with Gasteiger partial charge in [-0.2, -0.15) is 11.8 Å². The zero-order valence-electron chi connectivity index (χ0n) is 14.3. The second kappa shape index (κ2) is 11.0. The van der Waals surface area contributed by atoms with Gasteiger partial charge in [-0.15, -0.1) is 0 Å². The van der Waals surface area contributed by atoms with Gasteiger partial charge >= 0.3 is 0 Å². The van der Waals surface area contributed by atoms with Gasteiger partial charge in [0.1, 0.15) is 0 Å². The van der Waals surface area contributed by atoms with Crippen molar-refractivity contribution in [3.8, 4) is 0 Å². The van der Waals surface area contributed by atoms with Gasteiger partial charge in [0.15, 0.2) is 0 Å². The van der Waals surface area contributed by atoms with Gasteiger partial charge in [-0.05, 0) is 74.5 Å². The maximum Gasteiger partial charge on any atom is -0.00178 e. The van der Waals surface area contributed by atoms with Crippen molar-refractivity contribution in [1.29, 1.82) is 0 Å². The molecule has 3 unspecified atom stereocenters. The molecular weight excluding hydrogens is 262 g/mol. The third-order valence-electron chi connectivity index (χ3n) is 4.83. The Labute approximate surface area is 132 Å². The van der Waals surface area contributed by atoms with Crippen LogP contribution in [-0.4, -0.2) is 25.1 Å². The Balaban J connectivity index is 2.38. The molecule has 1 nitrogen and oxygen atoms in total. The Hall–Kier alpha value is 0.310. The van der Waals surface area contributed by atoms with Crippen molar-refractivity contribution in [3.63, 3.8) is 0 Å². The van der Waals surface area contributed by atoms with E-state index in [4.69, 9.17) is 0 Å². The van der Waals surface area contributed by atoms with Crippen molar-refractivity contribution in [2.45, 2.75) is 65.7 Å². The minimum atomic E-state index is 0.779. The molecule has 0 bridgehead atoms. The number of rotatable bonds is 10. The van der Waals surface area contributed by atoms with Crippen LogP contribution in [0.15, 0.2) is 0 Å². The lowest BCUT2D eigenvalue weighted by Crippen LogP contribution is -2.34. The van der Waals surface area contributed by atoms with Crippen LogP contribution in [-0.2, 0) is 0 Å². The molecule has 20 heavy (non-hydrogen) atoms. The fourth-order valence-corrected chi connectivity index (χ4v) is 4.22. The van der Waals surface area contributed by atoms with Crippen molar-refractivity contribution < 1.29 is 0 Å². The Kier molecular flexibility index (Phi) is 10.1. The quantitative estimate of drug-likeness (QED) is 0.556. The monoisotopic (exact) mass is 299 g/mol. The molecule has 0 aliphatic heterocycles. The molecule has 0 radical (unpaired) electrons. The Morgan fingerprint density at radius 3 is 2.60 bits per heavy atom. The van der Waals surface area contributed by atoms with Gasteiger partial charge in [0.05, 0.1) is 0 Å². The molecule has 3 atom stereocenters.